The summed E-state index contributed by atoms with van der Waals surface area (Å²) in [5.41, 5.74) is 0. The van der Waals surface area contributed by atoms with Gasteiger partial charge in [-0.2, -0.15) is 4.89 Å². The Morgan fingerprint density at radius 1 is 1.13 bits per heavy atom. The predicted octanol–water partition coefficient (Wildman–Crippen LogP) is 1.91. The van der Waals surface area contributed by atoms with Crippen molar-refractivity contribution in [3.63, 3.8) is 0 Å². The first-order valence-electron chi connectivity index (χ1n) is 5.21. The summed E-state index contributed by atoms with van der Waals surface area (Å²) >= 11 is 0. The van der Waals surface area contributed by atoms with Crippen LogP contribution in [-0.4, -0.2) is 23.7 Å². The van der Waals surface area contributed by atoms with Gasteiger partial charge in [-0.15, -0.1) is 0 Å². The lowest BCUT2D eigenvalue weighted by atomic mass is 10.1. The molecule has 0 heterocycles. The molecule has 0 fully saturated rings. The number of hydrogen-bond acceptors (Lipinski definition) is 4. The number of unbranched alkanes of at least 4 members (excludes halogenated alkanes) is 2. The molecule has 0 aromatic rings. The summed E-state index contributed by atoms with van der Waals surface area (Å²) in [6.45, 7) is 2.32. The SMILES string of the molecule is CCCOOC(=O)CCCCCC(=O)O. The van der Waals surface area contributed by atoms with E-state index in [-0.39, 0.29) is 12.8 Å². The predicted molar refractivity (Wildman–Crippen MR) is 53.1 cm³/mol. The van der Waals surface area contributed by atoms with Crippen molar-refractivity contribution in [1.29, 1.82) is 0 Å². The summed E-state index contributed by atoms with van der Waals surface area (Å²) in [7, 11) is 0. The normalized spacial score (nSPS) is 9.93. The third-order valence-corrected chi connectivity index (χ3v) is 1.71. The zero-order valence-corrected chi connectivity index (χ0v) is 9.03. The van der Waals surface area contributed by atoms with Gasteiger partial charge in [-0.3, -0.25) is 9.68 Å². The molecule has 0 radical (unpaired) electrons. The molecule has 0 atom stereocenters. The van der Waals surface area contributed by atoms with Gasteiger partial charge in [0, 0.05) is 12.8 Å². The molecule has 0 saturated heterocycles. The topological polar surface area (TPSA) is 72.8 Å². The Bertz CT molecular complexity index is 190. The fraction of sp³-hybridized carbons (Fsp3) is 0.800. The van der Waals surface area contributed by atoms with Crippen LogP contribution in [0.25, 0.3) is 0 Å². The smallest absolute Gasteiger partial charge is 0.342 e. The molecule has 0 unspecified atom stereocenters. The van der Waals surface area contributed by atoms with Crippen LogP contribution in [0.3, 0.4) is 0 Å². The Morgan fingerprint density at radius 3 is 2.40 bits per heavy atom. The first-order chi connectivity index (χ1) is 7.16. The third kappa shape index (κ3) is 10.8. The maximum Gasteiger partial charge on any atom is 0.342 e. The number of carboxylic acids is 1. The molecule has 1 N–H and O–H groups in total. The largest absolute Gasteiger partial charge is 0.481 e. The summed E-state index contributed by atoms with van der Waals surface area (Å²) in [5.74, 6) is -1.19. The highest BCUT2D eigenvalue weighted by atomic mass is 17.2. The molecular formula is C10H18O5. The van der Waals surface area contributed by atoms with Crippen LogP contribution in [0.1, 0.15) is 45.4 Å². The van der Waals surface area contributed by atoms with Gasteiger partial charge in [0.15, 0.2) is 0 Å². The van der Waals surface area contributed by atoms with Crippen LogP contribution in [0.15, 0.2) is 0 Å². The second-order valence-corrected chi connectivity index (χ2v) is 3.23. The first-order valence-corrected chi connectivity index (χ1v) is 5.21. The Morgan fingerprint density at radius 2 is 1.80 bits per heavy atom. The van der Waals surface area contributed by atoms with Crippen molar-refractivity contribution in [3.05, 3.63) is 0 Å². The van der Waals surface area contributed by atoms with Gasteiger partial charge in [-0.25, -0.2) is 4.79 Å². The maximum absolute atomic E-state index is 11.0. The van der Waals surface area contributed by atoms with Crippen LogP contribution >= 0.6 is 0 Å². The molecular weight excluding hydrogens is 200 g/mol. The number of rotatable bonds is 9. The second kappa shape index (κ2) is 9.45. The van der Waals surface area contributed by atoms with Crippen molar-refractivity contribution in [2.24, 2.45) is 0 Å². The minimum Gasteiger partial charge on any atom is -0.481 e. The highest BCUT2D eigenvalue weighted by molar-refractivity contribution is 5.68. The van der Waals surface area contributed by atoms with Gasteiger partial charge in [-0.05, 0) is 19.3 Å². The van der Waals surface area contributed by atoms with Crippen molar-refractivity contribution in [2.45, 2.75) is 45.4 Å². The summed E-state index contributed by atoms with van der Waals surface area (Å²) in [6.07, 6.45) is 3.19. The van der Waals surface area contributed by atoms with E-state index in [1.54, 1.807) is 0 Å². The van der Waals surface area contributed by atoms with Crippen molar-refractivity contribution in [1.82, 2.24) is 0 Å². The molecule has 0 aromatic heterocycles. The minimum atomic E-state index is -0.802. The molecule has 0 aromatic carbocycles. The third-order valence-electron chi connectivity index (χ3n) is 1.71. The number of hydrogen-bond donors (Lipinski definition) is 1. The Labute approximate surface area is 89.3 Å². The van der Waals surface area contributed by atoms with Crippen LogP contribution < -0.4 is 0 Å². The van der Waals surface area contributed by atoms with Gasteiger partial charge >= 0.3 is 11.9 Å². The number of carbonyl (C=O) groups is 2. The van der Waals surface area contributed by atoms with Gasteiger partial charge in [0.2, 0.25) is 0 Å². The van der Waals surface area contributed by atoms with Crippen molar-refractivity contribution in [2.75, 3.05) is 6.61 Å². The fourth-order valence-electron chi connectivity index (χ4n) is 0.955. The van der Waals surface area contributed by atoms with Crippen molar-refractivity contribution in [3.8, 4) is 0 Å². The molecule has 0 aliphatic heterocycles. The molecule has 0 rings (SSSR count). The van der Waals surface area contributed by atoms with E-state index < -0.39 is 11.9 Å². The zero-order valence-electron chi connectivity index (χ0n) is 9.03. The molecule has 5 heteroatoms. The molecule has 5 nitrogen and oxygen atoms in total. The highest BCUT2D eigenvalue weighted by Gasteiger charge is 2.04. The Balaban J connectivity index is 3.20. The molecule has 0 aliphatic rings. The zero-order chi connectivity index (χ0) is 11.5. The van der Waals surface area contributed by atoms with E-state index in [1.165, 1.54) is 0 Å². The van der Waals surface area contributed by atoms with Gasteiger partial charge in [0.1, 0.15) is 0 Å². The number of carbonyl (C=O) groups excluding carboxylic acids is 1. The van der Waals surface area contributed by atoms with E-state index in [0.29, 0.717) is 19.4 Å². The Hall–Kier alpha value is -1.10. The minimum absolute atomic E-state index is 0.154. The van der Waals surface area contributed by atoms with Crippen LogP contribution in [-0.2, 0) is 19.4 Å². The highest BCUT2D eigenvalue weighted by Crippen LogP contribution is 2.04. The van der Waals surface area contributed by atoms with E-state index in [0.717, 1.165) is 12.8 Å². The van der Waals surface area contributed by atoms with Crippen LogP contribution in [0, 0.1) is 0 Å². The van der Waals surface area contributed by atoms with Crippen LogP contribution in [0.4, 0.5) is 0 Å². The second-order valence-electron chi connectivity index (χ2n) is 3.23. The van der Waals surface area contributed by atoms with Crippen molar-refractivity contribution >= 4 is 11.9 Å². The average Bonchev–Trinajstić information content (AvgIpc) is 2.17. The van der Waals surface area contributed by atoms with E-state index in [1.807, 2.05) is 6.92 Å². The summed E-state index contributed by atoms with van der Waals surface area (Å²) in [6, 6.07) is 0. The van der Waals surface area contributed by atoms with E-state index in [4.69, 9.17) is 5.11 Å². The molecule has 0 spiro atoms. The molecule has 88 valence electrons. The van der Waals surface area contributed by atoms with E-state index >= 15 is 0 Å². The lowest BCUT2D eigenvalue weighted by Gasteiger charge is -2.01. The molecule has 0 aliphatic carbocycles. The molecule has 0 saturated carbocycles. The molecule has 0 bridgehead atoms. The summed E-state index contributed by atoms with van der Waals surface area (Å²) in [5, 5.41) is 8.35. The van der Waals surface area contributed by atoms with Crippen molar-refractivity contribution < 1.29 is 24.5 Å². The van der Waals surface area contributed by atoms with Gasteiger partial charge in [-0.1, -0.05) is 13.3 Å². The van der Waals surface area contributed by atoms with Gasteiger partial charge in [0.25, 0.3) is 0 Å². The fourth-order valence-corrected chi connectivity index (χ4v) is 0.955. The standard InChI is InChI=1S/C10H18O5/c1-2-8-14-15-10(13)7-5-3-4-6-9(11)12/h2-8H2,1H3,(H,11,12). The lowest BCUT2D eigenvalue weighted by molar-refractivity contribution is -0.272. The van der Waals surface area contributed by atoms with Gasteiger partial charge in [0.05, 0.1) is 6.61 Å². The van der Waals surface area contributed by atoms with Gasteiger partial charge < -0.3 is 5.11 Å². The maximum atomic E-state index is 11.0. The quantitative estimate of drug-likeness (QED) is 0.363. The monoisotopic (exact) mass is 218 g/mol. The summed E-state index contributed by atoms with van der Waals surface area (Å²) < 4.78 is 0. The number of aliphatic carboxylic acids is 1. The van der Waals surface area contributed by atoms with E-state index in [9.17, 15) is 9.59 Å². The molecule has 0 amide bonds. The lowest BCUT2D eigenvalue weighted by Crippen LogP contribution is -2.05. The van der Waals surface area contributed by atoms with Crippen LogP contribution in [0.5, 0.6) is 0 Å². The molecule has 15 heavy (non-hydrogen) atoms. The Kier molecular flexibility index (Phi) is 8.76. The van der Waals surface area contributed by atoms with Crippen LogP contribution in [0.2, 0.25) is 0 Å². The average molecular weight is 218 g/mol. The number of carboxylic acid groups (broad SMARTS) is 1. The first kappa shape index (κ1) is 13.9. The van der Waals surface area contributed by atoms with E-state index in [2.05, 4.69) is 9.78 Å². The summed E-state index contributed by atoms with van der Waals surface area (Å²) in [4.78, 5) is 30.2.